The van der Waals surface area contributed by atoms with E-state index in [4.69, 9.17) is 0 Å². The van der Waals surface area contributed by atoms with Crippen molar-refractivity contribution in [3.05, 3.63) is 64.1 Å². The summed E-state index contributed by atoms with van der Waals surface area (Å²) in [6, 6.07) is 11.1. The first-order valence-corrected chi connectivity index (χ1v) is 6.04. The van der Waals surface area contributed by atoms with Crippen molar-refractivity contribution in [2.24, 2.45) is 5.10 Å². The van der Waals surface area contributed by atoms with Crippen LogP contribution in [0.5, 0.6) is 0 Å². The zero-order chi connectivity index (χ0) is 14.2. The number of hydrazone groups is 1. The first kappa shape index (κ1) is 13.5. The van der Waals surface area contributed by atoms with E-state index in [9.17, 15) is 9.59 Å². The van der Waals surface area contributed by atoms with Gasteiger partial charge in [0.25, 0.3) is 5.56 Å². The largest absolute Gasteiger partial charge is 0.302 e. The highest BCUT2D eigenvalue weighted by molar-refractivity contribution is 5.82. The van der Waals surface area contributed by atoms with Crippen molar-refractivity contribution < 1.29 is 4.79 Å². The maximum absolute atomic E-state index is 11.5. The number of nitrogens with zero attached hydrogens (tertiary/aromatic N) is 1. The Bertz CT molecular complexity index is 668. The third-order valence-electron chi connectivity index (χ3n) is 2.44. The van der Waals surface area contributed by atoms with Crippen LogP contribution in [0.4, 0.5) is 0 Å². The topological polar surface area (TPSA) is 90.1 Å². The van der Waals surface area contributed by atoms with E-state index in [0.29, 0.717) is 5.69 Å². The number of allylic oxidation sites excluding steroid dienone is 1. The van der Waals surface area contributed by atoms with Crippen LogP contribution in [0.15, 0.2) is 52.4 Å². The molecule has 102 valence electrons. The van der Waals surface area contributed by atoms with E-state index in [1.807, 2.05) is 36.4 Å². The molecule has 0 fully saturated rings. The van der Waals surface area contributed by atoms with Crippen LogP contribution < -0.4 is 11.0 Å². The molecule has 3 N–H and O–H groups in total. The first-order valence-electron chi connectivity index (χ1n) is 6.04. The van der Waals surface area contributed by atoms with Crippen molar-refractivity contribution in [2.45, 2.75) is 6.42 Å². The highest BCUT2D eigenvalue weighted by Gasteiger charge is 2.03. The standard InChI is InChI=1S/C14H14N4O2/c19-13(9-12-10-14(20)18-16-12)17-15-8-4-7-11-5-2-1-3-6-11/h1-8,10H,9H2,(H,17,19)(H2,16,18,20)/b7-4-,15-8-. The molecule has 0 bridgehead atoms. The van der Waals surface area contributed by atoms with Gasteiger partial charge in [-0.05, 0) is 11.6 Å². The number of H-pyrrole nitrogens is 2. The second kappa shape index (κ2) is 6.89. The molecule has 2 rings (SSSR count). The van der Waals surface area contributed by atoms with Crippen molar-refractivity contribution in [1.29, 1.82) is 0 Å². The Kier molecular flexibility index (Phi) is 4.66. The molecule has 1 aromatic carbocycles. The van der Waals surface area contributed by atoms with E-state index in [1.165, 1.54) is 12.3 Å². The predicted molar refractivity (Wildman–Crippen MR) is 77.2 cm³/mol. The summed E-state index contributed by atoms with van der Waals surface area (Å²) in [6.07, 6.45) is 5.16. The lowest BCUT2D eigenvalue weighted by Gasteiger charge is -1.95. The van der Waals surface area contributed by atoms with E-state index >= 15 is 0 Å². The summed E-state index contributed by atoms with van der Waals surface area (Å²) in [6.45, 7) is 0. The molecular formula is C14H14N4O2. The smallest absolute Gasteiger partial charge is 0.264 e. The minimum absolute atomic E-state index is 0.0679. The number of aromatic amines is 2. The van der Waals surface area contributed by atoms with Crippen LogP contribution in [0.25, 0.3) is 6.08 Å². The third-order valence-corrected chi connectivity index (χ3v) is 2.44. The quantitative estimate of drug-likeness (QED) is 0.560. The van der Waals surface area contributed by atoms with Gasteiger partial charge in [0, 0.05) is 18.0 Å². The van der Waals surface area contributed by atoms with Crippen molar-refractivity contribution in [3.63, 3.8) is 0 Å². The predicted octanol–water partition coefficient (Wildman–Crippen LogP) is 1.06. The van der Waals surface area contributed by atoms with Crippen molar-refractivity contribution in [2.75, 3.05) is 0 Å². The maximum atomic E-state index is 11.5. The number of carbonyl (C=O) groups is 1. The number of hydrogen-bond donors (Lipinski definition) is 3. The second-order valence-corrected chi connectivity index (χ2v) is 4.04. The summed E-state index contributed by atoms with van der Waals surface area (Å²) in [5.74, 6) is -0.301. The summed E-state index contributed by atoms with van der Waals surface area (Å²) in [4.78, 5) is 22.3. The molecule has 0 saturated heterocycles. The van der Waals surface area contributed by atoms with Gasteiger partial charge in [-0.1, -0.05) is 36.4 Å². The molecule has 0 atom stereocenters. The molecule has 6 nitrogen and oxygen atoms in total. The maximum Gasteiger partial charge on any atom is 0.264 e. The van der Waals surface area contributed by atoms with Gasteiger partial charge in [-0.2, -0.15) is 5.10 Å². The van der Waals surface area contributed by atoms with Crippen LogP contribution in [0.2, 0.25) is 0 Å². The lowest BCUT2D eigenvalue weighted by molar-refractivity contribution is -0.120. The number of benzene rings is 1. The van der Waals surface area contributed by atoms with E-state index in [-0.39, 0.29) is 17.9 Å². The van der Waals surface area contributed by atoms with Crippen LogP contribution in [0.1, 0.15) is 11.3 Å². The average molecular weight is 270 g/mol. The lowest BCUT2D eigenvalue weighted by atomic mass is 10.2. The Morgan fingerprint density at radius 1 is 1.25 bits per heavy atom. The molecule has 1 aromatic heterocycles. The van der Waals surface area contributed by atoms with E-state index in [0.717, 1.165) is 5.56 Å². The molecule has 0 spiro atoms. The van der Waals surface area contributed by atoms with Gasteiger partial charge in [0.1, 0.15) is 0 Å². The van der Waals surface area contributed by atoms with Crippen molar-refractivity contribution in [3.8, 4) is 0 Å². The first-order chi connectivity index (χ1) is 9.74. The fourth-order valence-electron chi connectivity index (χ4n) is 1.55. The molecule has 0 aliphatic carbocycles. The molecule has 1 amide bonds. The number of nitrogens with one attached hydrogen (secondary N) is 3. The molecule has 6 heteroatoms. The Morgan fingerprint density at radius 3 is 2.75 bits per heavy atom. The summed E-state index contributed by atoms with van der Waals surface area (Å²) in [7, 11) is 0. The van der Waals surface area contributed by atoms with E-state index in [2.05, 4.69) is 20.7 Å². The van der Waals surface area contributed by atoms with E-state index in [1.54, 1.807) is 6.08 Å². The molecule has 0 radical (unpaired) electrons. The Hall–Kier alpha value is -2.89. The summed E-state index contributed by atoms with van der Waals surface area (Å²) >= 11 is 0. The minimum Gasteiger partial charge on any atom is -0.302 e. The van der Waals surface area contributed by atoms with Gasteiger partial charge in [0.05, 0.1) is 6.42 Å². The van der Waals surface area contributed by atoms with Gasteiger partial charge in [0.15, 0.2) is 0 Å². The summed E-state index contributed by atoms with van der Waals surface area (Å²) in [5, 5.41) is 8.73. The summed E-state index contributed by atoms with van der Waals surface area (Å²) < 4.78 is 0. The fourth-order valence-corrected chi connectivity index (χ4v) is 1.55. The van der Waals surface area contributed by atoms with Gasteiger partial charge >= 0.3 is 0 Å². The zero-order valence-electron chi connectivity index (χ0n) is 10.7. The number of rotatable bonds is 5. The molecule has 0 unspecified atom stereocenters. The molecular weight excluding hydrogens is 256 g/mol. The molecule has 0 aliphatic heterocycles. The number of aromatic nitrogens is 2. The number of amides is 1. The van der Waals surface area contributed by atoms with Gasteiger partial charge in [-0.15, -0.1) is 0 Å². The Morgan fingerprint density at radius 2 is 2.05 bits per heavy atom. The van der Waals surface area contributed by atoms with E-state index < -0.39 is 0 Å². The van der Waals surface area contributed by atoms with Crippen molar-refractivity contribution >= 4 is 18.2 Å². The van der Waals surface area contributed by atoms with Crippen molar-refractivity contribution in [1.82, 2.24) is 15.6 Å². The zero-order valence-corrected chi connectivity index (χ0v) is 10.7. The Labute approximate surface area is 115 Å². The molecule has 0 aliphatic rings. The lowest BCUT2D eigenvalue weighted by Crippen LogP contribution is -2.19. The molecule has 0 saturated carbocycles. The van der Waals surface area contributed by atoms with Crippen LogP contribution in [0.3, 0.4) is 0 Å². The van der Waals surface area contributed by atoms with Gasteiger partial charge in [-0.3, -0.25) is 14.7 Å². The molecule has 2 aromatic rings. The number of hydrogen-bond acceptors (Lipinski definition) is 3. The van der Waals surface area contributed by atoms with Crippen LogP contribution >= 0.6 is 0 Å². The minimum atomic E-state index is -0.301. The average Bonchev–Trinajstić information content (AvgIpc) is 2.85. The molecule has 1 heterocycles. The van der Waals surface area contributed by atoms with Gasteiger partial charge in [-0.25, -0.2) is 5.43 Å². The fraction of sp³-hybridized carbons (Fsp3) is 0.0714. The number of carbonyl (C=O) groups excluding carboxylic acids is 1. The second-order valence-electron chi connectivity index (χ2n) is 4.04. The van der Waals surface area contributed by atoms with Crippen LogP contribution in [-0.4, -0.2) is 22.3 Å². The normalized spacial score (nSPS) is 11.2. The highest BCUT2D eigenvalue weighted by Crippen LogP contribution is 1.99. The Balaban J connectivity index is 1.77. The summed E-state index contributed by atoms with van der Waals surface area (Å²) in [5.41, 5.74) is 3.68. The highest BCUT2D eigenvalue weighted by atomic mass is 16.2. The third kappa shape index (κ3) is 4.41. The van der Waals surface area contributed by atoms with Gasteiger partial charge < -0.3 is 5.10 Å². The van der Waals surface area contributed by atoms with Crippen LogP contribution in [0, 0.1) is 0 Å². The molecule has 20 heavy (non-hydrogen) atoms. The van der Waals surface area contributed by atoms with Crippen LogP contribution in [-0.2, 0) is 11.2 Å². The SMILES string of the molecule is O=C(Cc1cc(=O)[nH][nH]1)N/N=C\C=C/c1ccccc1. The monoisotopic (exact) mass is 270 g/mol. The van der Waals surface area contributed by atoms with Gasteiger partial charge in [0.2, 0.25) is 5.91 Å².